The van der Waals surface area contributed by atoms with Crippen LogP contribution in [-0.4, -0.2) is 51.6 Å². The van der Waals surface area contributed by atoms with Gasteiger partial charge in [0.15, 0.2) is 5.65 Å². The molecule has 2 atom stereocenters. The molecule has 3 aromatic rings. The van der Waals surface area contributed by atoms with Gasteiger partial charge in [0.05, 0.1) is 11.4 Å². The lowest BCUT2D eigenvalue weighted by Gasteiger charge is -2.33. The van der Waals surface area contributed by atoms with E-state index in [1.165, 1.54) is 29.7 Å². The van der Waals surface area contributed by atoms with Crippen LogP contribution in [0.3, 0.4) is 0 Å². The standard InChI is InChI=1S/C26H34N6O/c1-19-23(16-27-14-21-9-10-25(33)29-15-21)26-28-12-11-24(32(26)30-19)22-8-5-13-31(18-22)17-20-6-3-2-4-7-20/h2-4,6-7,11-12,21-22,27H,5,8-10,13-18H2,1H3,(H,29,33)/t21-,22-/m0/s1. The van der Waals surface area contributed by atoms with Crippen molar-refractivity contribution in [3.63, 3.8) is 0 Å². The van der Waals surface area contributed by atoms with E-state index in [1.54, 1.807) is 0 Å². The highest BCUT2D eigenvalue weighted by Crippen LogP contribution is 2.29. The average Bonchev–Trinajstić information content (AvgIpc) is 3.16. The van der Waals surface area contributed by atoms with Crippen LogP contribution in [0.4, 0.5) is 0 Å². The molecule has 0 bridgehead atoms. The van der Waals surface area contributed by atoms with Crippen LogP contribution >= 0.6 is 0 Å². The van der Waals surface area contributed by atoms with Gasteiger partial charge in [-0.3, -0.25) is 9.69 Å². The molecular weight excluding hydrogens is 412 g/mol. The number of amides is 1. The van der Waals surface area contributed by atoms with Gasteiger partial charge in [-0.15, -0.1) is 0 Å². The number of hydrogen-bond acceptors (Lipinski definition) is 5. The highest BCUT2D eigenvalue weighted by molar-refractivity contribution is 5.76. The topological polar surface area (TPSA) is 74.6 Å². The minimum Gasteiger partial charge on any atom is -0.356 e. The van der Waals surface area contributed by atoms with Gasteiger partial charge in [-0.05, 0) is 56.8 Å². The van der Waals surface area contributed by atoms with Crippen LogP contribution in [0.1, 0.15) is 54.1 Å². The molecule has 0 spiro atoms. The van der Waals surface area contributed by atoms with Crippen molar-refractivity contribution in [3.8, 4) is 0 Å². The molecule has 5 rings (SSSR count). The lowest BCUT2D eigenvalue weighted by molar-refractivity contribution is -0.122. The van der Waals surface area contributed by atoms with Crippen molar-refractivity contribution in [2.75, 3.05) is 26.2 Å². The molecular formula is C26H34N6O. The SMILES string of the molecule is Cc1nn2c([C@H]3CCCN(Cc4ccccc4)C3)ccnc2c1CNC[C@@H]1CCC(=O)NC1. The van der Waals surface area contributed by atoms with Crippen LogP contribution in [0.2, 0.25) is 0 Å². The smallest absolute Gasteiger partial charge is 0.220 e. The molecule has 0 radical (unpaired) electrons. The average molecular weight is 447 g/mol. The maximum Gasteiger partial charge on any atom is 0.220 e. The lowest BCUT2D eigenvalue weighted by atomic mass is 9.94. The molecule has 1 amide bonds. The zero-order valence-electron chi connectivity index (χ0n) is 19.5. The molecule has 0 saturated carbocycles. The largest absolute Gasteiger partial charge is 0.356 e. The van der Waals surface area contributed by atoms with Crippen LogP contribution in [-0.2, 0) is 17.9 Å². The Morgan fingerprint density at radius 3 is 2.88 bits per heavy atom. The summed E-state index contributed by atoms with van der Waals surface area (Å²) in [7, 11) is 0. The van der Waals surface area contributed by atoms with Crippen LogP contribution in [0.15, 0.2) is 42.6 Å². The van der Waals surface area contributed by atoms with Crippen molar-refractivity contribution in [2.45, 2.75) is 51.6 Å². The van der Waals surface area contributed by atoms with Crippen molar-refractivity contribution >= 4 is 11.6 Å². The minimum atomic E-state index is 0.173. The molecule has 2 saturated heterocycles. The third kappa shape index (κ3) is 5.09. The third-order valence-corrected chi connectivity index (χ3v) is 7.12. The molecule has 174 valence electrons. The van der Waals surface area contributed by atoms with E-state index in [1.807, 2.05) is 6.20 Å². The normalized spacial score (nSPS) is 21.9. The molecule has 0 aliphatic carbocycles. The fourth-order valence-corrected chi connectivity index (χ4v) is 5.27. The third-order valence-electron chi connectivity index (χ3n) is 7.12. The van der Waals surface area contributed by atoms with Gasteiger partial charge in [-0.2, -0.15) is 5.10 Å². The first-order chi connectivity index (χ1) is 16.2. The van der Waals surface area contributed by atoms with Gasteiger partial charge in [0.25, 0.3) is 0 Å². The Morgan fingerprint density at radius 1 is 1.18 bits per heavy atom. The molecule has 2 aromatic heterocycles. The summed E-state index contributed by atoms with van der Waals surface area (Å²) in [5.41, 5.74) is 5.82. The second kappa shape index (κ2) is 10.0. The van der Waals surface area contributed by atoms with Gasteiger partial charge < -0.3 is 10.6 Å². The molecule has 7 nitrogen and oxygen atoms in total. The van der Waals surface area contributed by atoms with E-state index in [0.29, 0.717) is 18.3 Å². The van der Waals surface area contributed by atoms with E-state index in [-0.39, 0.29) is 5.91 Å². The van der Waals surface area contributed by atoms with Crippen LogP contribution in [0.25, 0.3) is 5.65 Å². The van der Waals surface area contributed by atoms with Crippen molar-refractivity contribution in [2.24, 2.45) is 5.92 Å². The second-order valence-electron chi connectivity index (χ2n) is 9.57. The van der Waals surface area contributed by atoms with Gasteiger partial charge in [0.2, 0.25) is 5.91 Å². The first-order valence-electron chi connectivity index (χ1n) is 12.2. The summed E-state index contributed by atoms with van der Waals surface area (Å²) < 4.78 is 2.09. The number of carbonyl (C=O) groups is 1. The zero-order valence-corrected chi connectivity index (χ0v) is 19.5. The zero-order chi connectivity index (χ0) is 22.6. The van der Waals surface area contributed by atoms with E-state index in [0.717, 1.165) is 57.0 Å². The number of likely N-dealkylation sites (tertiary alicyclic amines) is 1. The molecule has 2 aliphatic heterocycles. The van der Waals surface area contributed by atoms with Crippen LogP contribution in [0, 0.1) is 12.8 Å². The summed E-state index contributed by atoms with van der Waals surface area (Å²) >= 11 is 0. The number of carbonyl (C=O) groups excluding carboxylic acids is 1. The monoisotopic (exact) mass is 446 g/mol. The summed E-state index contributed by atoms with van der Waals surface area (Å²) in [6.45, 7) is 7.69. The first kappa shape index (κ1) is 22.0. The minimum absolute atomic E-state index is 0.173. The Labute approximate surface area is 195 Å². The Morgan fingerprint density at radius 2 is 2.06 bits per heavy atom. The molecule has 2 aliphatic rings. The quantitative estimate of drug-likeness (QED) is 0.584. The lowest BCUT2D eigenvalue weighted by Crippen LogP contribution is -2.39. The molecule has 33 heavy (non-hydrogen) atoms. The van der Waals surface area contributed by atoms with Gasteiger partial charge in [0, 0.05) is 50.3 Å². The predicted molar refractivity (Wildman–Crippen MR) is 129 cm³/mol. The summed E-state index contributed by atoms with van der Waals surface area (Å²) in [5.74, 6) is 1.12. The summed E-state index contributed by atoms with van der Waals surface area (Å²) in [5, 5.41) is 11.5. The van der Waals surface area contributed by atoms with E-state index in [9.17, 15) is 4.79 Å². The second-order valence-corrected chi connectivity index (χ2v) is 9.57. The summed E-state index contributed by atoms with van der Waals surface area (Å²) in [4.78, 5) is 18.7. The number of aromatic nitrogens is 3. The number of hydrogen-bond donors (Lipinski definition) is 2. The van der Waals surface area contributed by atoms with Gasteiger partial charge >= 0.3 is 0 Å². The number of piperidine rings is 2. The van der Waals surface area contributed by atoms with Gasteiger partial charge in [0.1, 0.15) is 0 Å². The Hall–Kier alpha value is -2.77. The van der Waals surface area contributed by atoms with Crippen LogP contribution < -0.4 is 10.6 Å². The van der Waals surface area contributed by atoms with E-state index >= 15 is 0 Å². The molecule has 0 unspecified atom stereocenters. The Balaban J connectivity index is 1.28. The fraction of sp³-hybridized carbons (Fsp3) is 0.500. The number of rotatable bonds is 7. The maximum absolute atomic E-state index is 11.4. The number of nitrogens with one attached hydrogen (secondary N) is 2. The maximum atomic E-state index is 11.4. The van der Waals surface area contributed by atoms with Crippen molar-refractivity contribution < 1.29 is 4.79 Å². The Bertz CT molecular complexity index is 1080. The van der Waals surface area contributed by atoms with Gasteiger partial charge in [-0.1, -0.05) is 30.3 Å². The highest BCUT2D eigenvalue weighted by Gasteiger charge is 2.25. The molecule has 7 heteroatoms. The highest BCUT2D eigenvalue weighted by atomic mass is 16.1. The van der Waals surface area contributed by atoms with E-state index in [2.05, 4.69) is 63.4 Å². The van der Waals surface area contributed by atoms with Crippen molar-refractivity contribution in [1.82, 2.24) is 30.1 Å². The van der Waals surface area contributed by atoms with E-state index in [4.69, 9.17) is 10.1 Å². The number of benzene rings is 1. The molecule has 2 N–H and O–H groups in total. The van der Waals surface area contributed by atoms with Crippen molar-refractivity contribution in [3.05, 3.63) is 65.1 Å². The number of fused-ring (bicyclic) bond motifs is 1. The predicted octanol–water partition coefficient (Wildman–Crippen LogP) is 3.03. The molecule has 1 aromatic carbocycles. The fourth-order valence-electron chi connectivity index (χ4n) is 5.27. The van der Waals surface area contributed by atoms with Gasteiger partial charge in [-0.25, -0.2) is 9.50 Å². The van der Waals surface area contributed by atoms with Crippen molar-refractivity contribution in [1.29, 1.82) is 0 Å². The Kier molecular flexibility index (Phi) is 6.69. The van der Waals surface area contributed by atoms with E-state index < -0.39 is 0 Å². The summed E-state index contributed by atoms with van der Waals surface area (Å²) in [6.07, 6.45) is 5.92. The molecule has 2 fully saturated rings. The number of nitrogens with zero attached hydrogens (tertiary/aromatic N) is 4. The van der Waals surface area contributed by atoms with Crippen LogP contribution in [0.5, 0.6) is 0 Å². The first-order valence-corrected chi connectivity index (χ1v) is 12.2. The summed E-state index contributed by atoms with van der Waals surface area (Å²) in [6, 6.07) is 12.9. The molecule has 4 heterocycles. The number of aryl methyl sites for hydroxylation is 1.